The molecule has 0 aliphatic heterocycles. The van der Waals surface area contributed by atoms with E-state index < -0.39 is 5.97 Å². The summed E-state index contributed by atoms with van der Waals surface area (Å²) in [4.78, 5) is 16.0. The number of anilines is 1. The zero-order chi connectivity index (χ0) is 14.0. The van der Waals surface area contributed by atoms with Crippen LogP contribution >= 0.6 is 34.5 Å². The quantitative estimate of drug-likeness (QED) is 0.881. The van der Waals surface area contributed by atoms with Crippen LogP contribution < -0.4 is 5.32 Å². The van der Waals surface area contributed by atoms with E-state index in [1.54, 1.807) is 6.07 Å². The number of nitrogens with zero attached hydrogens (tertiary/aromatic N) is 1. The van der Waals surface area contributed by atoms with E-state index in [9.17, 15) is 4.79 Å². The number of aromatic carboxylic acids is 1. The van der Waals surface area contributed by atoms with E-state index >= 15 is 0 Å². The molecular weight excluding hydrogens is 307 g/mol. The summed E-state index contributed by atoms with van der Waals surface area (Å²) in [6, 6.07) is 6.86. The maximum Gasteiger partial charge on any atom is 0.356 e. The van der Waals surface area contributed by atoms with E-state index in [2.05, 4.69) is 10.3 Å². The number of carboxylic acids is 1. The largest absolute Gasteiger partial charge is 0.476 e. The Morgan fingerprint density at radius 1 is 1.37 bits per heavy atom. The molecule has 0 saturated heterocycles. The Balaban J connectivity index is 2.19. The first-order valence-corrected chi connectivity index (χ1v) is 6.96. The highest BCUT2D eigenvalue weighted by Gasteiger charge is 2.13. The Kier molecular flexibility index (Phi) is 4.29. The van der Waals surface area contributed by atoms with E-state index in [4.69, 9.17) is 28.3 Å². The van der Waals surface area contributed by atoms with Gasteiger partial charge in [0.2, 0.25) is 0 Å². The maximum absolute atomic E-state index is 10.9. The second-order valence-corrected chi connectivity index (χ2v) is 5.99. The molecule has 100 valence electrons. The van der Waals surface area contributed by atoms with Gasteiger partial charge in [0, 0.05) is 4.88 Å². The first-order valence-electron chi connectivity index (χ1n) is 5.39. The number of carboxylic acid groups (broad SMARTS) is 1. The van der Waals surface area contributed by atoms with Gasteiger partial charge in [0.1, 0.15) is 5.82 Å². The SMILES string of the molecule is CC(Nc1ccc(Cl)c(C(=O)O)n1)c1ccc(Cl)s1. The summed E-state index contributed by atoms with van der Waals surface area (Å²) < 4.78 is 0.707. The Labute approximate surface area is 124 Å². The van der Waals surface area contributed by atoms with Crippen LogP contribution in [0.3, 0.4) is 0 Å². The molecule has 0 saturated carbocycles. The van der Waals surface area contributed by atoms with Crippen molar-refractivity contribution in [1.29, 1.82) is 0 Å². The van der Waals surface area contributed by atoms with Gasteiger partial charge in [0.25, 0.3) is 0 Å². The Morgan fingerprint density at radius 3 is 2.68 bits per heavy atom. The lowest BCUT2D eigenvalue weighted by Crippen LogP contribution is -2.09. The summed E-state index contributed by atoms with van der Waals surface area (Å²) in [5.41, 5.74) is -0.164. The first kappa shape index (κ1) is 14.1. The van der Waals surface area contributed by atoms with Crippen molar-refractivity contribution in [3.63, 3.8) is 0 Å². The van der Waals surface area contributed by atoms with Gasteiger partial charge in [-0.2, -0.15) is 0 Å². The number of halogens is 2. The van der Waals surface area contributed by atoms with Gasteiger partial charge in [0.15, 0.2) is 5.69 Å². The Hall–Kier alpha value is -1.30. The average Bonchev–Trinajstić information content (AvgIpc) is 2.78. The minimum atomic E-state index is -1.15. The van der Waals surface area contributed by atoms with Gasteiger partial charge in [-0.05, 0) is 31.2 Å². The Bertz CT molecular complexity index is 616. The van der Waals surface area contributed by atoms with Crippen molar-refractivity contribution in [3.8, 4) is 0 Å². The van der Waals surface area contributed by atoms with Crippen LogP contribution in [0.4, 0.5) is 5.82 Å². The molecular formula is C12H10Cl2N2O2S. The van der Waals surface area contributed by atoms with Crippen LogP contribution in [0.1, 0.15) is 28.3 Å². The third kappa shape index (κ3) is 3.37. The van der Waals surface area contributed by atoms with Crippen LogP contribution in [0.2, 0.25) is 9.36 Å². The lowest BCUT2D eigenvalue weighted by molar-refractivity contribution is 0.0691. The lowest BCUT2D eigenvalue weighted by atomic mass is 10.2. The third-order valence-electron chi connectivity index (χ3n) is 2.43. The van der Waals surface area contributed by atoms with Crippen molar-refractivity contribution in [2.45, 2.75) is 13.0 Å². The van der Waals surface area contributed by atoms with Gasteiger partial charge in [-0.1, -0.05) is 23.2 Å². The summed E-state index contributed by atoms with van der Waals surface area (Å²) >= 11 is 13.1. The number of carbonyl (C=O) groups is 1. The van der Waals surface area contributed by atoms with Gasteiger partial charge >= 0.3 is 5.97 Å². The summed E-state index contributed by atoms with van der Waals surface area (Å²) in [5.74, 6) is -0.695. The number of nitrogens with one attached hydrogen (secondary N) is 1. The number of hydrogen-bond donors (Lipinski definition) is 2. The molecule has 7 heteroatoms. The maximum atomic E-state index is 10.9. The molecule has 1 unspecified atom stereocenters. The monoisotopic (exact) mass is 316 g/mol. The van der Waals surface area contributed by atoms with Crippen molar-refractivity contribution in [2.24, 2.45) is 0 Å². The molecule has 2 aromatic heterocycles. The van der Waals surface area contributed by atoms with Gasteiger partial charge in [-0.15, -0.1) is 11.3 Å². The molecule has 0 spiro atoms. The molecule has 0 radical (unpaired) electrons. The number of aromatic nitrogens is 1. The fraction of sp³-hybridized carbons (Fsp3) is 0.167. The van der Waals surface area contributed by atoms with Crippen molar-refractivity contribution in [3.05, 3.63) is 44.2 Å². The van der Waals surface area contributed by atoms with E-state index in [1.807, 2.05) is 19.1 Å². The number of rotatable bonds is 4. The van der Waals surface area contributed by atoms with Crippen LogP contribution in [0.15, 0.2) is 24.3 Å². The molecule has 4 nitrogen and oxygen atoms in total. The van der Waals surface area contributed by atoms with Gasteiger partial charge in [-0.3, -0.25) is 0 Å². The zero-order valence-corrected chi connectivity index (χ0v) is 12.2. The fourth-order valence-electron chi connectivity index (χ4n) is 1.53. The lowest BCUT2D eigenvalue weighted by Gasteiger charge is -2.13. The minimum absolute atomic E-state index is 0.0205. The van der Waals surface area contributed by atoms with Crippen molar-refractivity contribution < 1.29 is 9.90 Å². The number of pyridine rings is 1. The molecule has 0 amide bonds. The summed E-state index contributed by atoms with van der Waals surface area (Å²) in [5, 5.41) is 12.2. The normalized spacial score (nSPS) is 12.2. The second-order valence-electron chi connectivity index (χ2n) is 3.84. The first-order chi connectivity index (χ1) is 8.97. The minimum Gasteiger partial charge on any atom is -0.476 e. The van der Waals surface area contributed by atoms with Crippen molar-refractivity contribution >= 4 is 46.3 Å². The number of thiophene rings is 1. The highest BCUT2D eigenvalue weighted by Crippen LogP contribution is 2.29. The summed E-state index contributed by atoms with van der Waals surface area (Å²) in [7, 11) is 0. The summed E-state index contributed by atoms with van der Waals surface area (Å²) in [6.07, 6.45) is 0. The molecule has 0 aliphatic carbocycles. The fourth-order valence-corrected chi connectivity index (χ4v) is 2.78. The molecule has 2 aromatic rings. The average molecular weight is 317 g/mol. The number of hydrogen-bond acceptors (Lipinski definition) is 4. The second kappa shape index (κ2) is 5.77. The molecule has 2 N–H and O–H groups in total. The van der Waals surface area contributed by atoms with E-state index in [0.29, 0.717) is 10.2 Å². The molecule has 1 atom stereocenters. The molecule has 0 bridgehead atoms. The smallest absolute Gasteiger partial charge is 0.356 e. The third-order valence-corrected chi connectivity index (χ3v) is 4.15. The van der Waals surface area contributed by atoms with E-state index in [0.717, 1.165) is 4.88 Å². The predicted molar refractivity (Wildman–Crippen MR) is 77.6 cm³/mol. The van der Waals surface area contributed by atoms with E-state index in [-0.39, 0.29) is 16.8 Å². The molecule has 0 fully saturated rings. The summed E-state index contributed by atoms with van der Waals surface area (Å²) in [6.45, 7) is 1.94. The highest BCUT2D eigenvalue weighted by molar-refractivity contribution is 7.16. The highest BCUT2D eigenvalue weighted by atomic mass is 35.5. The molecule has 0 aromatic carbocycles. The van der Waals surface area contributed by atoms with Gasteiger partial charge in [0.05, 0.1) is 15.4 Å². The topological polar surface area (TPSA) is 62.2 Å². The van der Waals surface area contributed by atoms with E-state index in [1.165, 1.54) is 17.4 Å². The van der Waals surface area contributed by atoms with Crippen molar-refractivity contribution in [2.75, 3.05) is 5.32 Å². The molecule has 2 rings (SSSR count). The van der Waals surface area contributed by atoms with Crippen LogP contribution in [0.5, 0.6) is 0 Å². The molecule has 0 aliphatic rings. The Morgan fingerprint density at radius 2 is 2.11 bits per heavy atom. The molecule has 19 heavy (non-hydrogen) atoms. The van der Waals surface area contributed by atoms with Crippen LogP contribution in [-0.2, 0) is 0 Å². The zero-order valence-electron chi connectivity index (χ0n) is 9.85. The van der Waals surface area contributed by atoms with Crippen LogP contribution in [-0.4, -0.2) is 16.1 Å². The molecule has 2 heterocycles. The van der Waals surface area contributed by atoms with Gasteiger partial charge in [-0.25, -0.2) is 9.78 Å². The van der Waals surface area contributed by atoms with Crippen LogP contribution in [0, 0.1) is 0 Å². The van der Waals surface area contributed by atoms with Crippen LogP contribution in [0.25, 0.3) is 0 Å². The van der Waals surface area contributed by atoms with Crippen molar-refractivity contribution in [1.82, 2.24) is 4.98 Å². The predicted octanol–water partition coefficient (Wildman–Crippen LogP) is 4.32. The standard InChI is InChI=1S/C12H10Cl2N2O2S/c1-6(8-3-4-9(14)19-8)15-10-5-2-7(13)11(16-10)12(17)18/h2-6H,1H3,(H,15,16)(H,17,18). The van der Waals surface area contributed by atoms with Gasteiger partial charge < -0.3 is 10.4 Å².